The number of rotatable bonds is 4. The van der Waals surface area contributed by atoms with Gasteiger partial charge >= 0.3 is 6.18 Å². The largest absolute Gasteiger partial charge is 0.416 e. The van der Waals surface area contributed by atoms with Crippen LogP contribution in [0, 0.1) is 5.41 Å². The first-order valence-electron chi connectivity index (χ1n) is 10.0. The maximum Gasteiger partial charge on any atom is 0.416 e. The Bertz CT molecular complexity index is 770. The minimum atomic E-state index is -4.29. The molecule has 2 saturated heterocycles. The summed E-state index contributed by atoms with van der Waals surface area (Å²) in [6, 6.07) is 5.31. The maximum atomic E-state index is 12.7. The molecule has 2 fully saturated rings. The lowest BCUT2D eigenvalue weighted by atomic mass is 9.73. The summed E-state index contributed by atoms with van der Waals surface area (Å²) in [6.07, 6.45) is 4.71. The van der Waals surface area contributed by atoms with Gasteiger partial charge in [0, 0.05) is 24.8 Å². The highest BCUT2D eigenvalue weighted by Crippen LogP contribution is 2.38. The average molecular weight is 392 g/mol. The fraction of sp³-hybridized carbons (Fsp3) is 0.571. The van der Waals surface area contributed by atoms with Crippen LogP contribution in [-0.4, -0.2) is 40.9 Å². The number of piperidine rings is 2. The second-order valence-corrected chi connectivity index (χ2v) is 8.31. The lowest BCUT2D eigenvalue weighted by molar-refractivity contribution is -0.137. The van der Waals surface area contributed by atoms with E-state index in [4.69, 9.17) is 0 Å². The van der Waals surface area contributed by atoms with E-state index >= 15 is 0 Å². The molecule has 0 saturated carbocycles. The topological polar surface area (TPSA) is 33.1 Å². The third-order valence-corrected chi connectivity index (χ3v) is 6.12. The van der Waals surface area contributed by atoms with Gasteiger partial charge in [0.05, 0.1) is 18.3 Å². The van der Waals surface area contributed by atoms with Crippen LogP contribution in [0.25, 0.3) is 0 Å². The minimum absolute atomic E-state index is 0.472. The fourth-order valence-electron chi connectivity index (χ4n) is 4.63. The van der Waals surface area contributed by atoms with Crippen LogP contribution in [0.2, 0.25) is 0 Å². The number of hydrogen-bond donors (Lipinski definition) is 1. The van der Waals surface area contributed by atoms with Crippen LogP contribution >= 0.6 is 0 Å². The standard InChI is InChI=1S/C21H27F3N4/c22-21(23,24)19-4-2-17(3-5-19)14-28-15-18(12-26-28)13-27-11-1-6-20(16-27)7-9-25-10-8-20/h2-5,12,15,25H,1,6-11,13-14,16H2. The van der Waals surface area contributed by atoms with Crippen molar-refractivity contribution in [2.75, 3.05) is 26.2 Å². The highest BCUT2D eigenvalue weighted by atomic mass is 19.4. The molecule has 1 aromatic carbocycles. The first-order valence-corrected chi connectivity index (χ1v) is 10.0. The second kappa shape index (κ2) is 7.87. The summed E-state index contributed by atoms with van der Waals surface area (Å²) in [5, 5.41) is 7.87. The van der Waals surface area contributed by atoms with Crippen molar-refractivity contribution in [1.29, 1.82) is 0 Å². The molecule has 0 amide bonds. The molecule has 0 unspecified atom stereocenters. The first kappa shape index (κ1) is 19.5. The van der Waals surface area contributed by atoms with Gasteiger partial charge in [0.25, 0.3) is 0 Å². The molecule has 0 atom stereocenters. The van der Waals surface area contributed by atoms with E-state index in [2.05, 4.69) is 15.3 Å². The molecule has 28 heavy (non-hydrogen) atoms. The van der Waals surface area contributed by atoms with Crippen LogP contribution in [0.5, 0.6) is 0 Å². The molecule has 2 aromatic rings. The van der Waals surface area contributed by atoms with Gasteiger partial charge in [0.15, 0.2) is 0 Å². The summed E-state index contributed by atoms with van der Waals surface area (Å²) in [5.74, 6) is 0. The van der Waals surface area contributed by atoms with E-state index in [1.807, 2.05) is 17.1 Å². The molecule has 152 valence electrons. The van der Waals surface area contributed by atoms with Gasteiger partial charge in [-0.1, -0.05) is 12.1 Å². The van der Waals surface area contributed by atoms with Crippen LogP contribution in [0.4, 0.5) is 13.2 Å². The third kappa shape index (κ3) is 4.58. The Hall–Kier alpha value is -1.86. The van der Waals surface area contributed by atoms with Crippen LogP contribution < -0.4 is 5.32 Å². The molecule has 7 heteroatoms. The SMILES string of the molecule is FC(F)(F)c1ccc(Cn2cc(CN3CCCC4(CCNCC4)C3)cn2)cc1. The van der Waals surface area contributed by atoms with Gasteiger partial charge in [-0.3, -0.25) is 9.58 Å². The van der Waals surface area contributed by atoms with Crippen molar-refractivity contribution in [1.82, 2.24) is 20.0 Å². The van der Waals surface area contributed by atoms with E-state index < -0.39 is 11.7 Å². The van der Waals surface area contributed by atoms with Gasteiger partial charge in [0.2, 0.25) is 0 Å². The average Bonchev–Trinajstić information content (AvgIpc) is 3.09. The molecule has 1 aromatic heterocycles. The number of alkyl halides is 3. The Morgan fingerprint density at radius 2 is 1.75 bits per heavy atom. The first-order chi connectivity index (χ1) is 13.4. The summed E-state index contributed by atoms with van der Waals surface area (Å²) in [7, 11) is 0. The number of hydrogen-bond acceptors (Lipinski definition) is 3. The molecule has 3 heterocycles. The Balaban J connectivity index is 1.35. The van der Waals surface area contributed by atoms with Gasteiger partial charge in [-0.05, 0) is 68.4 Å². The Kier molecular flexibility index (Phi) is 5.47. The number of benzene rings is 1. The molecular formula is C21H27F3N4. The van der Waals surface area contributed by atoms with Crippen molar-refractivity contribution in [2.45, 2.75) is 44.9 Å². The molecular weight excluding hydrogens is 365 g/mol. The maximum absolute atomic E-state index is 12.7. The molecule has 4 nitrogen and oxygen atoms in total. The Morgan fingerprint density at radius 1 is 1.00 bits per heavy atom. The molecule has 2 aliphatic rings. The van der Waals surface area contributed by atoms with Gasteiger partial charge < -0.3 is 5.32 Å². The van der Waals surface area contributed by atoms with E-state index in [1.165, 1.54) is 37.8 Å². The van der Waals surface area contributed by atoms with Crippen molar-refractivity contribution in [2.24, 2.45) is 5.41 Å². The molecule has 1 N–H and O–H groups in total. The molecule has 2 aliphatic heterocycles. The molecule has 0 bridgehead atoms. The predicted octanol–water partition coefficient (Wildman–Crippen LogP) is 3.92. The summed E-state index contributed by atoms with van der Waals surface area (Å²) in [4.78, 5) is 2.54. The molecule has 0 radical (unpaired) electrons. The number of likely N-dealkylation sites (tertiary alicyclic amines) is 1. The second-order valence-electron chi connectivity index (χ2n) is 8.31. The Morgan fingerprint density at radius 3 is 2.46 bits per heavy atom. The number of halogens is 3. The lowest BCUT2D eigenvalue weighted by Gasteiger charge is -2.45. The van der Waals surface area contributed by atoms with Crippen molar-refractivity contribution < 1.29 is 13.2 Å². The van der Waals surface area contributed by atoms with Gasteiger partial charge in [-0.15, -0.1) is 0 Å². The quantitative estimate of drug-likeness (QED) is 0.856. The zero-order chi connectivity index (χ0) is 19.6. The summed E-state index contributed by atoms with van der Waals surface area (Å²) in [5.41, 5.74) is 1.83. The van der Waals surface area contributed by atoms with Gasteiger partial charge in [0.1, 0.15) is 0 Å². The van der Waals surface area contributed by atoms with Crippen molar-refractivity contribution in [3.05, 3.63) is 53.3 Å². The van der Waals surface area contributed by atoms with Crippen molar-refractivity contribution in [3.63, 3.8) is 0 Å². The van der Waals surface area contributed by atoms with Crippen LogP contribution in [0.3, 0.4) is 0 Å². The van der Waals surface area contributed by atoms with Gasteiger partial charge in [-0.2, -0.15) is 18.3 Å². The van der Waals surface area contributed by atoms with Gasteiger partial charge in [-0.25, -0.2) is 0 Å². The molecule has 0 aliphatic carbocycles. The van der Waals surface area contributed by atoms with E-state index in [-0.39, 0.29) is 0 Å². The van der Waals surface area contributed by atoms with Crippen LogP contribution in [0.1, 0.15) is 42.4 Å². The zero-order valence-corrected chi connectivity index (χ0v) is 16.0. The monoisotopic (exact) mass is 392 g/mol. The molecule has 4 rings (SSSR count). The fourth-order valence-corrected chi connectivity index (χ4v) is 4.63. The molecule has 1 spiro atoms. The minimum Gasteiger partial charge on any atom is -0.317 e. The van der Waals surface area contributed by atoms with E-state index in [9.17, 15) is 13.2 Å². The van der Waals surface area contributed by atoms with Crippen LogP contribution in [-0.2, 0) is 19.3 Å². The highest BCUT2D eigenvalue weighted by molar-refractivity contribution is 5.24. The zero-order valence-electron chi connectivity index (χ0n) is 16.0. The summed E-state index contributed by atoms with van der Waals surface area (Å²) in [6.45, 7) is 5.89. The summed E-state index contributed by atoms with van der Waals surface area (Å²) < 4.78 is 39.8. The van der Waals surface area contributed by atoms with Crippen LogP contribution in [0.15, 0.2) is 36.7 Å². The lowest BCUT2D eigenvalue weighted by Crippen LogP contribution is -2.48. The number of aromatic nitrogens is 2. The summed E-state index contributed by atoms with van der Waals surface area (Å²) >= 11 is 0. The van der Waals surface area contributed by atoms with E-state index in [1.54, 1.807) is 0 Å². The van der Waals surface area contributed by atoms with E-state index in [0.29, 0.717) is 12.0 Å². The third-order valence-electron chi connectivity index (χ3n) is 6.12. The smallest absolute Gasteiger partial charge is 0.317 e. The predicted molar refractivity (Wildman–Crippen MR) is 102 cm³/mol. The highest BCUT2D eigenvalue weighted by Gasteiger charge is 2.36. The number of nitrogens with one attached hydrogen (secondary N) is 1. The Labute approximate surface area is 163 Å². The van der Waals surface area contributed by atoms with Crippen molar-refractivity contribution in [3.8, 4) is 0 Å². The van der Waals surface area contributed by atoms with E-state index in [0.717, 1.165) is 56.0 Å². The normalized spacial score (nSPS) is 20.5. The van der Waals surface area contributed by atoms with Crippen molar-refractivity contribution >= 4 is 0 Å². The number of nitrogens with zero attached hydrogens (tertiary/aromatic N) is 3.